The molecule has 1 amide bonds. The Morgan fingerprint density at radius 2 is 1.62 bits per heavy atom. The Bertz CT molecular complexity index is 401. The summed E-state index contributed by atoms with van der Waals surface area (Å²) >= 11 is 0. The minimum atomic E-state index is -1.07. The van der Waals surface area contributed by atoms with Crippen molar-refractivity contribution in [3.63, 3.8) is 0 Å². The fraction of sp³-hybridized carbons (Fsp3) is 0.875. The van der Waals surface area contributed by atoms with Crippen LogP contribution in [0.5, 0.6) is 0 Å². The van der Waals surface area contributed by atoms with Gasteiger partial charge in [-0.25, -0.2) is 9.59 Å². The molecule has 2 aliphatic rings. The van der Waals surface area contributed by atoms with Crippen LogP contribution < -0.4 is 0 Å². The SMILES string of the molecule is CC(C)(C)OC(=O)N(C1CC1)C1(C(=O)O)CCCCCC1. The van der Waals surface area contributed by atoms with Crippen LogP contribution in [0, 0.1) is 0 Å². The van der Waals surface area contributed by atoms with Crippen LogP contribution in [0.25, 0.3) is 0 Å². The minimum absolute atomic E-state index is 0.0362. The lowest BCUT2D eigenvalue weighted by Crippen LogP contribution is -2.58. The molecule has 0 radical (unpaired) electrons. The van der Waals surface area contributed by atoms with Crippen LogP contribution in [0.2, 0.25) is 0 Å². The molecule has 0 unspecified atom stereocenters. The first-order valence-electron chi connectivity index (χ1n) is 8.02. The maximum absolute atomic E-state index is 12.6. The second-order valence-electron chi connectivity index (χ2n) is 7.33. The van der Waals surface area contributed by atoms with Crippen LogP contribution in [-0.2, 0) is 9.53 Å². The Hall–Kier alpha value is -1.26. The molecule has 0 aromatic carbocycles. The molecule has 2 saturated carbocycles. The first-order valence-corrected chi connectivity index (χ1v) is 8.02. The van der Waals surface area contributed by atoms with E-state index in [0.29, 0.717) is 12.8 Å². The predicted molar refractivity (Wildman–Crippen MR) is 79.2 cm³/mol. The highest BCUT2D eigenvalue weighted by molar-refractivity contribution is 5.85. The van der Waals surface area contributed by atoms with E-state index < -0.39 is 23.2 Å². The molecule has 2 rings (SSSR count). The van der Waals surface area contributed by atoms with Crippen molar-refractivity contribution in [2.75, 3.05) is 0 Å². The van der Waals surface area contributed by atoms with E-state index in [1.807, 2.05) is 20.8 Å². The summed E-state index contributed by atoms with van der Waals surface area (Å²) in [6.45, 7) is 5.45. The number of aliphatic carboxylic acids is 1. The van der Waals surface area contributed by atoms with E-state index >= 15 is 0 Å². The number of carboxylic acid groups (broad SMARTS) is 1. The third kappa shape index (κ3) is 3.69. The number of carbonyl (C=O) groups excluding carboxylic acids is 1. The summed E-state index contributed by atoms with van der Waals surface area (Å²) in [6.07, 6.45) is 6.19. The topological polar surface area (TPSA) is 66.8 Å². The molecule has 2 fully saturated rings. The predicted octanol–water partition coefficient (Wildman–Crippen LogP) is 3.56. The Morgan fingerprint density at radius 1 is 1.10 bits per heavy atom. The molecule has 0 heterocycles. The molecule has 0 aromatic rings. The molecule has 0 spiro atoms. The standard InChI is InChI=1S/C16H27NO4/c1-15(2,3)21-14(20)17(12-8-9-12)16(13(18)19)10-6-4-5-7-11-16/h12H,4-11H2,1-3H3,(H,18,19). The van der Waals surface area contributed by atoms with Crippen molar-refractivity contribution in [3.8, 4) is 0 Å². The fourth-order valence-electron chi connectivity index (χ4n) is 3.19. The number of rotatable bonds is 3. The van der Waals surface area contributed by atoms with E-state index in [4.69, 9.17) is 4.74 Å². The van der Waals surface area contributed by atoms with E-state index in [-0.39, 0.29) is 6.04 Å². The molecule has 0 bridgehead atoms. The summed E-state index contributed by atoms with van der Waals surface area (Å²) in [6, 6.07) is 0.0362. The van der Waals surface area contributed by atoms with Gasteiger partial charge in [0.05, 0.1) is 0 Å². The van der Waals surface area contributed by atoms with E-state index in [9.17, 15) is 14.7 Å². The first kappa shape index (κ1) is 16.1. The van der Waals surface area contributed by atoms with E-state index in [1.165, 1.54) is 0 Å². The lowest BCUT2D eigenvalue weighted by molar-refractivity contribution is -0.153. The van der Waals surface area contributed by atoms with Gasteiger partial charge in [0.25, 0.3) is 0 Å². The van der Waals surface area contributed by atoms with Crippen LogP contribution in [0.15, 0.2) is 0 Å². The minimum Gasteiger partial charge on any atom is -0.479 e. The number of nitrogens with zero attached hydrogens (tertiary/aromatic N) is 1. The number of amides is 1. The summed E-state index contributed by atoms with van der Waals surface area (Å²) in [5.41, 5.74) is -1.67. The molecule has 5 nitrogen and oxygen atoms in total. The number of hydrogen-bond donors (Lipinski definition) is 1. The van der Waals surface area contributed by atoms with Gasteiger partial charge in [-0.15, -0.1) is 0 Å². The van der Waals surface area contributed by atoms with Crippen LogP contribution in [0.3, 0.4) is 0 Å². The van der Waals surface area contributed by atoms with Crippen molar-refractivity contribution in [1.29, 1.82) is 0 Å². The van der Waals surface area contributed by atoms with Crippen molar-refractivity contribution in [2.24, 2.45) is 0 Å². The molecule has 5 heteroatoms. The van der Waals surface area contributed by atoms with Crippen molar-refractivity contribution in [3.05, 3.63) is 0 Å². The van der Waals surface area contributed by atoms with Gasteiger partial charge >= 0.3 is 12.1 Å². The quantitative estimate of drug-likeness (QED) is 0.809. The van der Waals surface area contributed by atoms with E-state index in [0.717, 1.165) is 38.5 Å². The average molecular weight is 297 g/mol. The van der Waals surface area contributed by atoms with Crippen LogP contribution >= 0.6 is 0 Å². The molecule has 120 valence electrons. The molecule has 1 N–H and O–H groups in total. The van der Waals surface area contributed by atoms with Crippen LogP contribution in [0.4, 0.5) is 4.79 Å². The zero-order valence-corrected chi connectivity index (χ0v) is 13.4. The summed E-state index contributed by atoms with van der Waals surface area (Å²) in [5, 5.41) is 9.86. The molecule has 0 aromatic heterocycles. The molecule has 21 heavy (non-hydrogen) atoms. The smallest absolute Gasteiger partial charge is 0.411 e. The fourth-order valence-corrected chi connectivity index (χ4v) is 3.19. The number of carboxylic acids is 1. The Kier molecular flexibility index (Phi) is 4.49. The Balaban J connectivity index is 2.28. The van der Waals surface area contributed by atoms with E-state index in [2.05, 4.69) is 0 Å². The second kappa shape index (κ2) is 5.85. The summed E-state index contributed by atoms with van der Waals surface area (Å²) in [5.74, 6) is -0.873. The maximum atomic E-state index is 12.6. The highest BCUT2D eigenvalue weighted by Crippen LogP contribution is 2.41. The Morgan fingerprint density at radius 3 is 2.00 bits per heavy atom. The summed E-state index contributed by atoms with van der Waals surface area (Å²) in [7, 11) is 0. The normalized spacial score (nSPS) is 22.2. The van der Waals surface area contributed by atoms with Gasteiger partial charge in [0.1, 0.15) is 11.1 Å². The van der Waals surface area contributed by atoms with Crippen molar-refractivity contribution < 1.29 is 19.4 Å². The number of hydrogen-bond acceptors (Lipinski definition) is 3. The summed E-state index contributed by atoms with van der Waals surface area (Å²) < 4.78 is 5.49. The molecule has 0 aliphatic heterocycles. The average Bonchev–Trinajstić information content (AvgIpc) is 3.14. The van der Waals surface area contributed by atoms with Gasteiger partial charge in [0, 0.05) is 6.04 Å². The third-order valence-electron chi connectivity index (χ3n) is 4.29. The monoisotopic (exact) mass is 297 g/mol. The van der Waals surface area contributed by atoms with Gasteiger partial charge in [0.2, 0.25) is 0 Å². The highest BCUT2D eigenvalue weighted by atomic mass is 16.6. The van der Waals surface area contributed by atoms with Crippen molar-refractivity contribution in [1.82, 2.24) is 4.90 Å². The van der Waals surface area contributed by atoms with Gasteiger partial charge in [-0.3, -0.25) is 4.90 Å². The third-order valence-corrected chi connectivity index (χ3v) is 4.29. The Labute approximate surface area is 126 Å². The number of carbonyl (C=O) groups is 2. The van der Waals surface area contributed by atoms with Gasteiger partial charge < -0.3 is 9.84 Å². The molecular weight excluding hydrogens is 270 g/mol. The highest BCUT2D eigenvalue weighted by Gasteiger charge is 2.53. The zero-order chi connectivity index (χ0) is 15.7. The summed E-state index contributed by atoms with van der Waals surface area (Å²) in [4.78, 5) is 26.2. The zero-order valence-electron chi connectivity index (χ0n) is 13.4. The van der Waals surface area contributed by atoms with Crippen molar-refractivity contribution >= 4 is 12.1 Å². The first-order chi connectivity index (χ1) is 9.76. The van der Waals surface area contributed by atoms with Crippen LogP contribution in [-0.4, -0.2) is 39.3 Å². The van der Waals surface area contributed by atoms with Gasteiger partial charge in [0.15, 0.2) is 0 Å². The molecule has 0 atom stereocenters. The van der Waals surface area contributed by atoms with Gasteiger partial charge in [-0.1, -0.05) is 25.7 Å². The largest absolute Gasteiger partial charge is 0.479 e. The lowest BCUT2D eigenvalue weighted by atomic mass is 9.88. The van der Waals surface area contributed by atoms with E-state index in [1.54, 1.807) is 4.90 Å². The van der Waals surface area contributed by atoms with Gasteiger partial charge in [-0.05, 0) is 46.5 Å². The van der Waals surface area contributed by atoms with Crippen molar-refractivity contribution in [2.45, 2.75) is 89.3 Å². The lowest BCUT2D eigenvalue weighted by Gasteiger charge is -2.41. The molecule has 2 aliphatic carbocycles. The second-order valence-corrected chi connectivity index (χ2v) is 7.33. The van der Waals surface area contributed by atoms with Gasteiger partial charge in [-0.2, -0.15) is 0 Å². The van der Waals surface area contributed by atoms with Crippen LogP contribution in [0.1, 0.15) is 72.1 Å². The molecular formula is C16H27NO4. The maximum Gasteiger partial charge on any atom is 0.411 e. The number of ether oxygens (including phenoxy) is 1. The molecule has 0 saturated heterocycles.